The van der Waals surface area contributed by atoms with E-state index in [0.717, 1.165) is 35.2 Å². The van der Waals surface area contributed by atoms with Crippen LogP contribution >= 0.6 is 0 Å². The molecule has 2 rings (SSSR count). The molecule has 0 heterocycles. The van der Waals surface area contributed by atoms with Crippen molar-refractivity contribution >= 4 is 17.7 Å². The van der Waals surface area contributed by atoms with Gasteiger partial charge in [0.25, 0.3) is 0 Å². The highest BCUT2D eigenvalue weighted by Crippen LogP contribution is 2.21. The fourth-order valence-corrected chi connectivity index (χ4v) is 4.32. The molecule has 2 aromatic rings. The van der Waals surface area contributed by atoms with Gasteiger partial charge in [0.05, 0.1) is 6.54 Å². The monoisotopic (exact) mass is 526 g/mol. The molecule has 0 aliphatic rings. The summed E-state index contributed by atoms with van der Waals surface area (Å²) >= 11 is 0. The van der Waals surface area contributed by atoms with Gasteiger partial charge in [0.1, 0.15) is 12.4 Å². The summed E-state index contributed by atoms with van der Waals surface area (Å²) in [4.78, 5) is 26.4. The highest BCUT2D eigenvalue weighted by atomic mass is 16.5. The summed E-state index contributed by atoms with van der Waals surface area (Å²) in [6, 6.07) is 11.4. The second kappa shape index (κ2) is 16.7. The molecule has 0 saturated heterocycles. The zero-order valence-electron chi connectivity index (χ0n) is 23.8. The number of rotatable bonds is 17. The maximum absolute atomic E-state index is 13.2. The SMILES string of the molecule is CCCCCCCCN(CCOc1ccc(CC(OCC)C(=O)O)cc1)C(=O)Nc1cc(C)c(C)cc1C. The predicted octanol–water partition coefficient (Wildman–Crippen LogP) is 6.92. The van der Waals surface area contributed by atoms with E-state index < -0.39 is 12.1 Å². The van der Waals surface area contributed by atoms with Crippen molar-refractivity contribution in [2.45, 2.75) is 85.7 Å². The van der Waals surface area contributed by atoms with Crippen LogP contribution < -0.4 is 10.1 Å². The van der Waals surface area contributed by atoms with E-state index in [1.807, 2.05) is 42.2 Å². The zero-order chi connectivity index (χ0) is 27.9. The van der Waals surface area contributed by atoms with Crippen LogP contribution in [0.5, 0.6) is 5.75 Å². The van der Waals surface area contributed by atoms with Crippen LogP contribution in [0.15, 0.2) is 36.4 Å². The molecular weight excluding hydrogens is 480 g/mol. The van der Waals surface area contributed by atoms with Crippen molar-refractivity contribution < 1.29 is 24.2 Å². The Hall–Kier alpha value is -3.06. The van der Waals surface area contributed by atoms with Crippen LogP contribution in [0.1, 0.15) is 74.6 Å². The van der Waals surface area contributed by atoms with E-state index in [4.69, 9.17) is 9.47 Å². The molecule has 2 aromatic carbocycles. The highest BCUT2D eigenvalue weighted by molar-refractivity contribution is 5.90. The number of ether oxygens (including phenoxy) is 2. The summed E-state index contributed by atoms with van der Waals surface area (Å²) in [6.45, 7) is 12.0. The topological polar surface area (TPSA) is 88.1 Å². The average Bonchev–Trinajstić information content (AvgIpc) is 2.88. The van der Waals surface area contributed by atoms with E-state index in [1.54, 1.807) is 6.92 Å². The van der Waals surface area contributed by atoms with E-state index >= 15 is 0 Å². The molecule has 0 radical (unpaired) electrons. The predicted molar refractivity (Wildman–Crippen MR) is 153 cm³/mol. The fraction of sp³-hybridized carbons (Fsp3) is 0.548. The Bertz CT molecular complexity index is 1010. The van der Waals surface area contributed by atoms with Crippen molar-refractivity contribution in [2.75, 3.05) is 31.6 Å². The van der Waals surface area contributed by atoms with Crippen molar-refractivity contribution in [3.63, 3.8) is 0 Å². The van der Waals surface area contributed by atoms with E-state index in [-0.39, 0.29) is 6.03 Å². The Morgan fingerprint density at radius 3 is 2.21 bits per heavy atom. The van der Waals surface area contributed by atoms with Crippen molar-refractivity contribution in [3.8, 4) is 5.75 Å². The van der Waals surface area contributed by atoms with Crippen LogP contribution in [-0.4, -0.2) is 54.4 Å². The lowest BCUT2D eigenvalue weighted by Gasteiger charge is -2.24. The molecule has 0 aliphatic heterocycles. The number of carbonyl (C=O) groups is 2. The molecule has 1 atom stereocenters. The Balaban J connectivity index is 1.96. The second-order valence-electron chi connectivity index (χ2n) is 9.92. The summed E-state index contributed by atoms with van der Waals surface area (Å²) in [6.07, 6.45) is 6.40. The molecular formula is C31H46N2O5. The number of aryl methyl sites for hydroxylation is 3. The molecule has 0 aromatic heterocycles. The van der Waals surface area contributed by atoms with Crippen molar-refractivity contribution in [3.05, 3.63) is 58.7 Å². The molecule has 210 valence electrons. The molecule has 7 heteroatoms. The van der Waals surface area contributed by atoms with Gasteiger partial charge in [-0.25, -0.2) is 9.59 Å². The number of hydrogen-bond donors (Lipinski definition) is 2. The minimum Gasteiger partial charge on any atom is -0.492 e. The standard InChI is InChI=1S/C31H46N2O5/c1-6-8-9-10-11-12-17-33(31(36)32-28-21-24(4)23(3)20-25(28)5)18-19-38-27-15-13-26(14-16-27)22-29(30(34)35)37-7-2/h13-16,20-21,29H,6-12,17-19,22H2,1-5H3,(H,32,36)(H,34,35). The molecule has 2 amide bonds. The van der Waals surface area contributed by atoms with Gasteiger partial charge < -0.3 is 24.8 Å². The zero-order valence-corrected chi connectivity index (χ0v) is 23.8. The maximum Gasteiger partial charge on any atom is 0.333 e. The number of anilines is 1. The third-order valence-electron chi connectivity index (χ3n) is 6.77. The third kappa shape index (κ3) is 10.7. The lowest BCUT2D eigenvalue weighted by Crippen LogP contribution is -2.38. The Morgan fingerprint density at radius 1 is 0.895 bits per heavy atom. The van der Waals surface area contributed by atoms with Crippen LogP contribution in [-0.2, 0) is 16.0 Å². The second-order valence-corrected chi connectivity index (χ2v) is 9.92. The van der Waals surface area contributed by atoms with Gasteiger partial charge in [-0.2, -0.15) is 0 Å². The molecule has 7 nitrogen and oxygen atoms in total. The van der Waals surface area contributed by atoms with E-state index in [9.17, 15) is 14.7 Å². The number of carbonyl (C=O) groups excluding carboxylic acids is 1. The van der Waals surface area contributed by atoms with Crippen LogP contribution in [0, 0.1) is 20.8 Å². The molecule has 0 fully saturated rings. The first-order valence-electron chi connectivity index (χ1n) is 13.9. The number of carboxylic acids is 1. The van der Waals surface area contributed by atoms with Gasteiger partial charge in [-0.3, -0.25) is 0 Å². The average molecular weight is 527 g/mol. The van der Waals surface area contributed by atoms with Gasteiger partial charge in [-0.1, -0.05) is 57.2 Å². The number of benzene rings is 2. The number of amides is 2. The van der Waals surface area contributed by atoms with Gasteiger partial charge in [0, 0.05) is 25.3 Å². The van der Waals surface area contributed by atoms with Gasteiger partial charge in [-0.15, -0.1) is 0 Å². The van der Waals surface area contributed by atoms with Crippen LogP contribution in [0.2, 0.25) is 0 Å². The molecule has 0 spiro atoms. The molecule has 0 saturated carbocycles. The van der Waals surface area contributed by atoms with E-state index in [2.05, 4.69) is 32.2 Å². The summed E-state index contributed by atoms with van der Waals surface area (Å²) in [5, 5.41) is 12.4. The van der Waals surface area contributed by atoms with Crippen molar-refractivity contribution in [1.82, 2.24) is 4.90 Å². The molecule has 2 N–H and O–H groups in total. The number of urea groups is 1. The van der Waals surface area contributed by atoms with Crippen LogP contribution in [0.3, 0.4) is 0 Å². The first-order valence-corrected chi connectivity index (χ1v) is 13.9. The molecule has 0 bridgehead atoms. The Labute approximate surface area is 228 Å². The van der Waals surface area contributed by atoms with E-state index in [0.29, 0.717) is 38.5 Å². The number of nitrogens with zero attached hydrogens (tertiary/aromatic N) is 1. The summed E-state index contributed by atoms with van der Waals surface area (Å²) in [5.41, 5.74) is 5.11. The number of carboxylic acid groups (broad SMARTS) is 1. The van der Waals surface area contributed by atoms with E-state index in [1.165, 1.54) is 31.2 Å². The molecule has 38 heavy (non-hydrogen) atoms. The maximum atomic E-state index is 13.2. The number of hydrogen-bond acceptors (Lipinski definition) is 4. The number of unbranched alkanes of at least 4 members (excludes halogenated alkanes) is 5. The largest absolute Gasteiger partial charge is 0.492 e. The van der Waals surface area contributed by atoms with Crippen molar-refractivity contribution in [2.24, 2.45) is 0 Å². The fourth-order valence-electron chi connectivity index (χ4n) is 4.32. The lowest BCUT2D eigenvalue weighted by atomic mass is 10.1. The normalized spacial score (nSPS) is 11.7. The lowest BCUT2D eigenvalue weighted by molar-refractivity contribution is -0.149. The number of aliphatic carboxylic acids is 1. The van der Waals surface area contributed by atoms with Crippen LogP contribution in [0.4, 0.5) is 10.5 Å². The van der Waals surface area contributed by atoms with Gasteiger partial charge in [0.15, 0.2) is 6.10 Å². The summed E-state index contributed by atoms with van der Waals surface area (Å²) < 4.78 is 11.2. The summed E-state index contributed by atoms with van der Waals surface area (Å²) in [5.74, 6) is -0.283. The van der Waals surface area contributed by atoms with Gasteiger partial charge >= 0.3 is 12.0 Å². The summed E-state index contributed by atoms with van der Waals surface area (Å²) in [7, 11) is 0. The minimum absolute atomic E-state index is 0.112. The minimum atomic E-state index is -0.966. The first kappa shape index (κ1) is 31.2. The molecule has 1 unspecified atom stereocenters. The van der Waals surface area contributed by atoms with Gasteiger partial charge in [0.2, 0.25) is 0 Å². The van der Waals surface area contributed by atoms with Crippen LogP contribution in [0.25, 0.3) is 0 Å². The molecule has 0 aliphatic carbocycles. The van der Waals surface area contributed by atoms with Crippen molar-refractivity contribution in [1.29, 1.82) is 0 Å². The third-order valence-corrected chi connectivity index (χ3v) is 6.77. The van der Waals surface area contributed by atoms with Gasteiger partial charge in [-0.05, 0) is 74.6 Å². The quantitative estimate of drug-likeness (QED) is 0.219. The highest BCUT2D eigenvalue weighted by Gasteiger charge is 2.18. The Morgan fingerprint density at radius 2 is 1.55 bits per heavy atom. The first-order chi connectivity index (χ1) is 18.2. The smallest absolute Gasteiger partial charge is 0.333 e. The Kier molecular flexibility index (Phi) is 13.7. The number of nitrogens with one attached hydrogen (secondary N) is 1.